The fourth-order valence-electron chi connectivity index (χ4n) is 0.801. The Kier molecular flexibility index (Phi) is 2.10. The molecule has 0 aromatic carbocycles. The molecule has 0 N–H and O–H groups in total. The van der Waals surface area contributed by atoms with Crippen LogP contribution in [0.4, 0.5) is 0 Å². The number of imidazole rings is 1. The van der Waals surface area contributed by atoms with E-state index in [1.54, 1.807) is 7.05 Å². The van der Waals surface area contributed by atoms with Gasteiger partial charge in [0.15, 0.2) is 5.69 Å². The number of hydrogen-bond acceptors (Lipinski definition) is 4. The summed E-state index contributed by atoms with van der Waals surface area (Å²) in [5.74, 6) is -0.409. The number of methoxy groups -OCH3 is 1. The molecular weight excluding hydrogens is 158 g/mol. The Balaban J connectivity index is 3.10. The smallest absolute Gasteiger partial charge is 0.374 e. The minimum absolute atomic E-state index is 0.133. The molecule has 1 aromatic rings. The minimum atomic E-state index is -0.543. The van der Waals surface area contributed by atoms with Crippen LogP contribution >= 0.6 is 0 Å². The van der Waals surface area contributed by atoms with Crippen molar-refractivity contribution in [2.45, 2.75) is 0 Å². The molecule has 0 aliphatic carbocycles. The van der Waals surface area contributed by atoms with Gasteiger partial charge in [0.2, 0.25) is 5.82 Å². The molecular formula is C7H7N3O2. The number of rotatable bonds is 1. The Bertz CT molecular complexity index is 348. The second-order valence-electron chi connectivity index (χ2n) is 2.16. The number of ether oxygens (including phenoxy) is 1. The van der Waals surface area contributed by atoms with Crippen molar-refractivity contribution in [2.75, 3.05) is 7.11 Å². The van der Waals surface area contributed by atoms with Gasteiger partial charge in [-0.05, 0) is 0 Å². The Hall–Kier alpha value is -1.83. The molecule has 5 heteroatoms. The molecule has 0 saturated carbocycles. The van der Waals surface area contributed by atoms with E-state index in [1.165, 1.54) is 17.9 Å². The van der Waals surface area contributed by atoms with Gasteiger partial charge in [0, 0.05) is 13.2 Å². The fraction of sp³-hybridized carbons (Fsp3) is 0.286. The molecule has 1 rings (SSSR count). The summed E-state index contributed by atoms with van der Waals surface area (Å²) in [4.78, 5) is 14.7. The Morgan fingerprint density at radius 1 is 1.83 bits per heavy atom. The molecule has 5 nitrogen and oxygen atoms in total. The lowest BCUT2D eigenvalue weighted by molar-refractivity contribution is 0.0583. The predicted molar refractivity (Wildman–Crippen MR) is 39.3 cm³/mol. The average molecular weight is 165 g/mol. The Morgan fingerprint density at radius 2 is 2.50 bits per heavy atom. The second kappa shape index (κ2) is 3.05. The normalized spacial score (nSPS) is 9.08. The summed E-state index contributed by atoms with van der Waals surface area (Å²) >= 11 is 0. The van der Waals surface area contributed by atoms with E-state index in [1.807, 2.05) is 6.07 Å². The summed E-state index contributed by atoms with van der Waals surface area (Å²) in [6.07, 6.45) is 1.46. The number of nitriles is 1. The summed E-state index contributed by atoms with van der Waals surface area (Å²) in [5.41, 5.74) is 0.206. The first-order valence-corrected chi connectivity index (χ1v) is 3.21. The maximum absolute atomic E-state index is 10.9. The number of hydrogen-bond donors (Lipinski definition) is 0. The molecule has 0 fully saturated rings. The summed E-state index contributed by atoms with van der Waals surface area (Å²) in [7, 11) is 2.89. The Morgan fingerprint density at radius 3 is 2.92 bits per heavy atom. The lowest BCUT2D eigenvalue weighted by Crippen LogP contribution is -2.08. The molecule has 0 spiro atoms. The zero-order chi connectivity index (χ0) is 9.14. The third kappa shape index (κ3) is 1.27. The highest BCUT2D eigenvalue weighted by Crippen LogP contribution is 2.00. The zero-order valence-corrected chi connectivity index (χ0v) is 6.74. The number of esters is 1. The maximum atomic E-state index is 10.9. The largest absolute Gasteiger partial charge is 0.463 e. The lowest BCUT2D eigenvalue weighted by atomic mass is 10.5. The van der Waals surface area contributed by atoms with Crippen LogP contribution in [0.1, 0.15) is 16.3 Å². The molecule has 1 aromatic heterocycles. The summed E-state index contributed by atoms with van der Waals surface area (Å²) in [5, 5.41) is 8.45. The molecule has 0 radical (unpaired) electrons. The van der Waals surface area contributed by atoms with Crippen LogP contribution in [0.15, 0.2) is 6.20 Å². The van der Waals surface area contributed by atoms with Crippen molar-refractivity contribution in [1.82, 2.24) is 9.55 Å². The van der Waals surface area contributed by atoms with Crippen molar-refractivity contribution >= 4 is 5.97 Å². The van der Waals surface area contributed by atoms with Gasteiger partial charge in [-0.2, -0.15) is 5.26 Å². The summed E-state index contributed by atoms with van der Waals surface area (Å²) < 4.78 is 5.89. The van der Waals surface area contributed by atoms with E-state index in [4.69, 9.17) is 5.26 Å². The van der Waals surface area contributed by atoms with E-state index < -0.39 is 5.97 Å². The SMILES string of the molecule is COC(=O)c1nc(C#N)cn1C. The molecule has 62 valence electrons. The molecule has 1 heterocycles. The Labute approximate surface area is 69.2 Å². The molecule has 0 unspecified atom stereocenters. The van der Waals surface area contributed by atoms with Gasteiger partial charge in [0.05, 0.1) is 7.11 Å². The van der Waals surface area contributed by atoms with Crippen LogP contribution < -0.4 is 0 Å². The number of carbonyl (C=O) groups excluding carboxylic acids is 1. The predicted octanol–water partition coefficient (Wildman–Crippen LogP) is 0.0784. The van der Waals surface area contributed by atoms with Crippen LogP contribution in [0.25, 0.3) is 0 Å². The third-order valence-corrected chi connectivity index (χ3v) is 1.36. The standard InChI is InChI=1S/C7H7N3O2/c1-10-4-5(3-8)9-6(10)7(11)12-2/h4H,1-2H3. The van der Waals surface area contributed by atoms with Gasteiger partial charge in [-0.3, -0.25) is 0 Å². The van der Waals surface area contributed by atoms with Crippen molar-refractivity contribution in [3.8, 4) is 6.07 Å². The first-order valence-electron chi connectivity index (χ1n) is 3.21. The molecule has 0 bridgehead atoms. The van der Waals surface area contributed by atoms with Crippen LogP contribution in [0, 0.1) is 11.3 Å². The topological polar surface area (TPSA) is 67.9 Å². The van der Waals surface area contributed by atoms with Crippen molar-refractivity contribution in [3.05, 3.63) is 17.7 Å². The van der Waals surface area contributed by atoms with Crippen LogP contribution in [-0.4, -0.2) is 22.6 Å². The van der Waals surface area contributed by atoms with Crippen LogP contribution in [0.2, 0.25) is 0 Å². The van der Waals surface area contributed by atoms with Gasteiger partial charge in [-0.25, -0.2) is 9.78 Å². The van der Waals surface area contributed by atoms with Gasteiger partial charge in [0.25, 0.3) is 0 Å². The van der Waals surface area contributed by atoms with Crippen LogP contribution in [-0.2, 0) is 11.8 Å². The van der Waals surface area contributed by atoms with Crippen molar-refractivity contribution < 1.29 is 9.53 Å². The highest BCUT2D eigenvalue weighted by molar-refractivity contribution is 5.85. The van der Waals surface area contributed by atoms with E-state index >= 15 is 0 Å². The monoisotopic (exact) mass is 165 g/mol. The minimum Gasteiger partial charge on any atom is -0.463 e. The van der Waals surface area contributed by atoms with E-state index in [-0.39, 0.29) is 11.5 Å². The van der Waals surface area contributed by atoms with Gasteiger partial charge in [-0.15, -0.1) is 0 Å². The van der Waals surface area contributed by atoms with Crippen molar-refractivity contribution in [1.29, 1.82) is 5.26 Å². The number of nitrogens with zero attached hydrogens (tertiary/aromatic N) is 3. The lowest BCUT2D eigenvalue weighted by Gasteiger charge is -1.96. The second-order valence-corrected chi connectivity index (χ2v) is 2.16. The van der Waals surface area contributed by atoms with Gasteiger partial charge in [0.1, 0.15) is 6.07 Å². The molecule has 0 aliphatic heterocycles. The van der Waals surface area contributed by atoms with E-state index in [0.29, 0.717) is 0 Å². The van der Waals surface area contributed by atoms with Gasteiger partial charge < -0.3 is 9.30 Å². The third-order valence-electron chi connectivity index (χ3n) is 1.36. The van der Waals surface area contributed by atoms with E-state index in [2.05, 4.69) is 9.72 Å². The van der Waals surface area contributed by atoms with Crippen molar-refractivity contribution in [3.63, 3.8) is 0 Å². The highest BCUT2D eigenvalue weighted by atomic mass is 16.5. The summed E-state index contributed by atoms with van der Waals surface area (Å²) in [6, 6.07) is 1.83. The first-order chi connectivity index (χ1) is 5.69. The van der Waals surface area contributed by atoms with E-state index in [0.717, 1.165) is 0 Å². The number of aryl methyl sites for hydroxylation is 1. The zero-order valence-electron chi connectivity index (χ0n) is 6.74. The number of carbonyl (C=O) groups is 1. The van der Waals surface area contributed by atoms with Crippen molar-refractivity contribution in [2.24, 2.45) is 7.05 Å². The first kappa shape index (κ1) is 8.27. The molecule has 0 atom stereocenters. The van der Waals surface area contributed by atoms with Crippen LogP contribution in [0.3, 0.4) is 0 Å². The molecule has 0 saturated heterocycles. The van der Waals surface area contributed by atoms with E-state index in [9.17, 15) is 4.79 Å². The fourth-order valence-corrected chi connectivity index (χ4v) is 0.801. The van der Waals surface area contributed by atoms with Gasteiger partial charge >= 0.3 is 5.97 Å². The highest BCUT2D eigenvalue weighted by Gasteiger charge is 2.13. The maximum Gasteiger partial charge on any atom is 0.374 e. The molecule has 0 aliphatic rings. The quantitative estimate of drug-likeness (QED) is 0.552. The van der Waals surface area contributed by atoms with Gasteiger partial charge in [-0.1, -0.05) is 0 Å². The average Bonchev–Trinajstić information content (AvgIpc) is 2.45. The molecule has 0 amide bonds. The number of aromatic nitrogens is 2. The summed E-state index contributed by atoms with van der Waals surface area (Å²) in [6.45, 7) is 0. The van der Waals surface area contributed by atoms with Crippen LogP contribution in [0.5, 0.6) is 0 Å². The molecule has 12 heavy (non-hydrogen) atoms.